The smallest absolute Gasteiger partial charge is 0.142 e. The van der Waals surface area contributed by atoms with Crippen LogP contribution in [0.2, 0.25) is 5.02 Å². The summed E-state index contributed by atoms with van der Waals surface area (Å²) in [5, 5.41) is 3.44. The van der Waals surface area contributed by atoms with Crippen LogP contribution in [0.3, 0.4) is 0 Å². The lowest BCUT2D eigenvalue weighted by molar-refractivity contribution is 0.559. The van der Waals surface area contributed by atoms with Crippen molar-refractivity contribution in [3.05, 3.63) is 64.7 Å². The molecule has 94 valence electrons. The van der Waals surface area contributed by atoms with Crippen molar-refractivity contribution in [1.29, 1.82) is 0 Å². The van der Waals surface area contributed by atoms with Crippen LogP contribution in [0.4, 0.5) is 4.39 Å². The summed E-state index contributed by atoms with van der Waals surface area (Å²) in [5.74, 6) is -0.388. The molecule has 1 heterocycles. The molecule has 0 aliphatic heterocycles. The molecule has 1 N–H and O–H groups in total. The average Bonchev–Trinajstić information content (AvgIpc) is 2.40. The van der Waals surface area contributed by atoms with Gasteiger partial charge in [0.15, 0.2) is 0 Å². The van der Waals surface area contributed by atoms with Crippen LogP contribution in [0.25, 0.3) is 0 Å². The van der Waals surface area contributed by atoms with Crippen molar-refractivity contribution in [2.45, 2.75) is 19.5 Å². The molecule has 0 saturated heterocycles. The first-order valence-electron chi connectivity index (χ1n) is 5.75. The molecule has 4 heteroatoms. The molecule has 0 aliphatic carbocycles. The number of rotatable bonds is 4. The largest absolute Gasteiger partial charge is 0.305 e. The van der Waals surface area contributed by atoms with E-state index in [-0.39, 0.29) is 16.9 Å². The van der Waals surface area contributed by atoms with Gasteiger partial charge in [-0.2, -0.15) is 0 Å². The van der Waals surface area contributed by atoms with Gasteiger partial charge in [0.25, 0.3) is 0 Å². The van der Waals surface area contributed by atoms with E-state index in [2.05, 4.69) is 10.3 Å². The number of hydrogen-bond donors (Lipinski definition) is 1. The van der Waals surface area contributed by atoms with E-state index in [4.69, 9.17) is 11.6 Å². The van der Waals surface area contributed by atoms with Crippen LogP contribution in [-0.2, 0) is 6.54 Å². The summed E-state index contributed by atoms with van der Waals surface area (Å²) in [7, 11) is 0. The highest BCUT2D eigenvalue weighted by Crippen LogP contribution is 2.20. The summed E-state index contributed by atoms with van der Waals surface area (Å²) in [5.41, 5.74) is 1.83. The van der Waals surface area contributed by atoms with Gasteiger partial charge in [-0.25, -0.2) is 4.39 Å². The zero-order valence-electron chi connectivity index (χ0n) is 10.0. The minimum Gasteiger partial charge on any atom is -0.305 e. The molecule has 1 aromatic carbocycles. The van der Waals surface area contributed by atoms with Gasteiger partial charge in [0, 0.05) is 18.8 Å². The fourth-order valence-electron chi connectivity index (χ4n) is 1.66. The van der Waals surface area contributed by atoms with Gasteiger partial charge in [-0.05, 0) is 36.8 Å². The Morgan fingerprint density at radius 3 is 2.83 bits per heavy atom. The SMILES string of the molecule is CC(NCc1ccccn1)c1ccc(Cl)c(F)c1. The van der Waals surface area contributed by atoms with Crippen molar-refractivity contribution in [1.82, 2.24) is 10.3 Å². The minimum absolute atomic E-state index is 0.0405. The van der Waals surface area contributed by atoms with Crippen molar-refractivity contribution in [3.63, 3.8) is 0 Å². The van der Waals surface area contributed by atoms with E-state index in [1.54, 1.807) is 12.3 Å². The van der Waals surface area contributed by atoms with Gasteiger partial charge >= 0.3 is 0 Å². The molecule has 1 aromatic heterocycles. The Morgan fingerprint density at radius 1 is 1.33 bits per heavy atom. The Bertz CT molecular complexity index is 516. The van der Waals surface area contributed by atoms with E-state index in [1.165, 1.54) is 6.07 Å². The first-order valence-corrected chi connectivity index (χ1v) is 6.13. The molecule has 0 radical (unpaired) electrons. The van der Waals surface area contributed by atoms with E-state index < -0.39 is 0 Å². The lowest BCUT2D eigenvalue weighted by Crippen LogP contribution is -2.18. The van der Waals surface area contributed by atoms with Gasteiger partial charge in [0.1, 0.15) is 5.82 Å². The van der Waals surface area contributed by atoms with Gasteiger partial charge in [-0.3, -0.25) is 4.98 Å². The molecule has 0 spiro atoms. The normalized spacial score (nSPS) is 12.4. The van der Waals surface area contributed by atoms with E-state index in [1.807, 2.05) is 31.2 Å². The van der Waals surface area contributed by atoms with E-state index in [9.17, 15) is 4.39 Å². The lowest BCUT2D eigenvalue weighted by atomic mass is 10.1. The maximum absolute atomic E-state index is 13.3. The highest BCUT2D eigenvalue weighted by molar-refractivity contribution is 6.30. The standard InChI is InChI=1S/C14H14ClFN2/c1-10(11-5-6-13(15)14(16)8-11)18-9-12-4-2-3-7-17-12/h2-8,10,18H,9H2,1H3. The molecule has 1 unspecified atom stereocenters. The van der Waals surface area contributed by atoms with E-state index in [0.717, 1.165) is 11.3 Å². The Hall–Kier alpha value is -1.45. The molecular weight excluding hydrogens is 251 g/mol. The van der Waals surface area contributed by atoms with Crippen LogP contribution < -0.4 is 5.32 Å². The second-order valence-electron chi connectivity index (χ2n) is 4.10. The molecule has 2 aromatic rings. The van der Waals surface area contributed by atoms with Crippen molar-refractivity contribution in [2.24, 2.45) is 0 Å². The van der Waals surface area contributed by atoms with Crippen LogP contribution >= 0.6 is 11.6 Å². The van der Waals surface area contributed by atoms with Crippen LogP contribution in [0, 0.1) is 5.82 Å². The number of hydrogen-bond acceptors (Lipinski definition) is 2. The van der Waals surface area contributed by atoms with Crippen molar-refractivity contribution in [2.75, 3.05) is 0 Å². The summed E-state index contributed by atoms with van der Waals surface area (Å²) in [6.45, 7) is 2.62. The van der Waals surface area contributed by atoms with Crippen LogP contribution in [0.15, 0.2) is 42.6 Å². The monoisotopic (exact) mass is 264 g/mol. The number of benzene rings is 1. The van der Waals surface area contributed by atoms with Crippen molar-refractivity contribution >= 4 is 11.6 Å². The van der Waals surface area contributed by atoms with E-state index >= 15 is 0 Å². The number of nitrogens with zero attached hydrogens (tertiary/aromatic N) is 1. The molecule has 0 saturated carbocycles. The third-order valence-electron chi connectivity index (χ3n) is 2.76. The molecular formula is C14H14ClFN2. The molecule has 0 fully saturated rings. The first kappa shape index (κ1) is 13.0. The minimum atomic E-state index is -0.388. The Morgan fingerprint density at radius 2 is 2.17 bits per heavy atom. The lowest BCUT2D eigenvalue weighted by Gasteiger charge is -2.14. The summed E-state index contributed by atoms with van der Waals surface area (Å²) in [4.78, 5) is 4.22. The number of aromatic nitrogens is 1. The molecule has 0 amide bonds. The molecule has 18 heavy (non-hydrogen) atoms. The summed E-state index contributed by atoms with van der Waals surface area (Å²) < 4.78 is 13.3. The van der Waals surface area contributed by atoms with Gasteiger partial charge < -0.3 is 5.32 Å². The van der Waals surface area contributed by atoms with Gasteiger partial charge in [-0.1, -0.05) is 23.7 Å². The maximum atomic E-state index is 13.3. The average molecular weight is 265 g/mol. The van der Waals surface area contributed by atoms with Crippen LogP contribution in [-0.4, -0.2) is 4.98 Å². The van der Waals surface area contributed by atoms with Crippen molar-refractivity contribution < 1.29 is 4.39 Å². The fourth-order valence-corrected chi connectivity index (χ4v) is 1.78. The summed E-state index contributed by atoms with van der Waals surface area (Å²) >= 11 is 5.65. The quantitative estimate of drug-likeness (QED) is 0.910. The number of halogens is 2. The first-order chi connectivity index (χ1) is 8.66. The zero-order valence-corrected chi connectivity index (χ0v) is 10.8. The predicted octanol–water partition coefficient (Wildman–Crippen LogP) is 3.72. The summed E-state index contributed by atoms with van der Waals surface area (Å²) in [6.07, 6.45) is 1.75. The highest BCUT2D eigenvalue weighted by Gasteiger charge is 2.08. The molecule has 2 nitrogen and oxygen atoms in total. The fraction of sp³-hybridized carbons (Fsp3) is 0.214. The van der Waals surface area contributed by atoms with Crippen molar-refractivity contribution in [3.8, 4) is 0 Å². The molecule has 0 aliphatic rings. The van der Waals surface area contributed by atoms with Crippen LogP contribution in [0.1, 0.15) is 24.2 Å². The Kier molecular flexibility index (Phi) is 4.28. The second kappa shape index (κ2) is 5.94. The predicted molar refractivity (Wildman–Crippen MR) is 70.9 cm³/mol. The molecule has 0 bridgehead atoms. The highest BCUT2D eigenvalue weighted by atomic mass is 35.5. The Balaban J connectivity index is 1.99. The third kappa shape index (κ3) is 3.28. The molecule has 1 atom stereocenters. The zero-order chi connectivity index (χ0) is 13.0. The number of nitrogens with one attached hydrogen (secondary N) is 1. The van der Waals surface area contributed by atoms with Gasteiger partial charge in [0.05, 0.1) is 10.7 Å². The van der Waals surface area contributed by atoms with Gasteiger partial charge in [0.2, 0.25) is 0 Å². The maximum Gasteiger partial charge on any atom is 0.142 e. The van der Waals surface area contributed by atoms with E-state index in [0.29, 0.717) is 6.54 Å². The second-order valence-corrected chi connectivity index (χ2v) is 4.50. The van der Waals surface area contributed by atoms with Gasteiger partial charge in [-0.15, -0.1) is 0 Å². The summed E-state index contributed by atoms with van der Waals surface area (Å²) in [6, 6.07) is 10.7. The molecule has 2 rings (SSSR count). The number of pyridine rings is 1. The topological polar surface area (TPSA) is 24.9 Å². The third-order valence-corrected chi connectivity index (χ3v) is 3.07. The Labute approximate surface area is 111 Å². The van der Waals surface area contributed by atoms with Crippen LogP contribution in [0.5, 0.6) is 0 Å².